The number of nitrogens with two attached hydrogens (primary N) is 1. The molecule has 0 heterocycles. The average Bonchev–Trinajstić information content (AvgIpc) is 2.25. The van der Waals surface area contributed by atoms with Crippen LogP contribution in [0.4, 0.5) is 0 Å². The number of rotatable bonds is 4. The van der Waals surface area contributed by atoms with Crippen molar-refractivity contribution in [3.8, 4) is 0 Å². The van der Waals surface area contributed by atoms with E-state index in [0.717, 1.165) is 18.9 Å². The summed E-state index contributed by atoms with van der Waals surface area (Å²) in [5, 5.41) is 0. The average molecular weight is 226 g/mol. The summed E-state index contributed by atoms with van der Waals surface area (Å²) in [6.07, 6.45) is 7.94. The first kappa shape index (κ1) is 13.5. The van der Waals surface area contributed by atoms with E-state index in [1.54, 1.807) is 18.7 Å². The summed E-state index contributed by atoms with van der Waals surface area (Å²) in [5.41, 5.74) is 5.06. The summed E-state index contributed by atoms with van der Waals surface area (Å²) in [5.74, 6) is 0.869. The van der Waals surface area contributed by atoms with Gasteiger partial charge < -0.3 is 10.6 Å². The van der Waals surface area contributed by atoms with Crippen LogP contribution in [0.2, 0.25) is 0 Å². The second-order valence-corrected chi connectivity index (χ2v) is 5.74. The third-order valence-electron chi connectivity index (χ3n) is 3.50. The highest BCUT2D eigenvalue weighted by atomic mass is 16.2. The Hall–Kier alpha value is -0.570. The summed E-state index contributed by atoms with van der Waals surface area (Å²) < 4.78 is 0. The molecule has 0 unspecified atom stereocenters. The molecule has 0 aromatic rings. The lowest BCUT2D eigenvalue weighted by atomic mass is 9.87. The summed E-state index contributed by atoms with van der Waals surface area (Å²) in [7, 11) is 1.86. The summed E-state index contributed by atoms with van der Waals surface area (Å²) >= 11 is 0. The maximum absolute atomic E-state index is 11.8. The maximum atomic E-state index is 11.8. The summed E-state index contributed by atoms with van der Waals surface area (Å²) in [4.78, 5) is 13.6. The minimum atomic E-state index is -0.735. The van der Waals surface area contributed by atoms with Gasteiger partial charge in [0.1, 0.15) is 0 Å². The quantitative estimate of drug-likeness (QED) is 0.798. The van der Waals surface area contributed by atoms with Gasteiger partial charge in [-0.25, -0.2) is 0 Å². The zero-order chi connectivity index (χ0) is 12.2. The van der Waals surface area contributed by atoms with Crippen molar-refractivity contribution in [3.63, 3.8) is 0 Å². The molecule has 0 radical (unpaired) electrons. The highest BCUT2D eigenvalue weighted by Crippen LogP contribution is 2.26. The second kappa shape index (κ2) is 5.67. The van der Waals surface area contributed by atoms with Crippen molar-refractivity contribution in [1.29, 1.82) is 0 Å². The summed E-state index contributed by atoms with van der Waals surface area (Å²) in [6.45, 7) is 4.39. The van der Waals surface area contributed by atoms with Gasteiger partial charge in [-0.15, -0.1) is 0 Å². The number of hydrogen-bond acceptors (Lipinski definition) is 2. The molecule has 1 fully saturated rings. The Morgan fingerprint density at radius 1 is 1.31 bits per heavy atom. The molecule has 94 valence electrons. The van der Waals surface area contributed by atoms with Gasteiger partial charge >= 0.3 is 0 Å². The molecule has 3 heteroatoms. The Bertz CT molecular complexity index is 227. The molecule has 1 aliphatic carbocycles. The Labute approximate surface area is 99.4 Å². The smallest absolute Gasteiger partial charge is 0.241 e. The van der Waals surface area contributed by atoms with E-state index < -0.39 is 5.54 Å². The van der Waals surface area contributed by atoms with Crippen LogP contribution in [-0.2, 0) is 4.79 Å². The zero-order valence-electron chi connectivity index (χ0n) is 11.0. The van der Waals surface area contributed by atoms with E-state index in [2.05, 4.69) is 0 Å². The molecule has 0 spiro atoms. The monoisotopic (exact) mass is 226 g/mol. The number of carbonyl (C=O) groups excluding carboxylic acids is 1. The number of likely N-dealkylation sites (N-methyl/N-ethyl adjacent to an activating group) is 1. The predicted molar refractivity (Wildman–Crippen MR) is 67.1 cm³/mol. The fourth-order valence-electron chi connectivity index (χ4n) is 2.45. The van der Waals surface area contributed by atoms with Crippen molar-refractivity contribution >= 4 is 5.91 Å². The predicted octanol–water partition coefficient (Wildman–Crippen LogP) is 2.15. The van der Waals surface area contributed by atoms with Gasteiger partial charge in [0.05, 0.1) is 5.54 Å². The minimum Gasteiger partial charge on any atom is -0.344 e. The lowest BCUT2D eigenvalue weighted by Crippen LogP contribution is -2.50. The molecule has 0 aliphatic heterocycles. The fourth-order valence-corrected chi connectivity index (χ4v) is 2.45. The maximum Gasteiger partial charge on any atom is 0.241 e. The fraction of sp³-hybridized carbons (Fsp3) is 0.923. The molecule has 0 aromatic carbocycles. The van der Waals surface area contributed by atoms with Gasteiger partial charge in [0.2, 0.25) is 5.91 Å². The molecule has 0 bridgehead atoms. The van der Waals surface area contributed by atoms with Crippen molar-refractivity contribution < 1.29 is 4.79 Å². The number of hydrogen-bond donors (Lipinski definition) is 1. The van der Waals surface area contributed by atoms with Crippen LogP contribution in [0.3, 0.4) is 0 Å². The molecular weight excluding hydrogens is 200 g/mol. The van der Waals surface area contributed by atoms with Crippen molar-refractivity contribution in [3.05, 3.63) is 0 Å². The molecule has 1 aliphatic rings. The first-order valence-corrected chi connectivity index (χ1v) is 6.45. The first-order chi connectivity index (χ1) is 7.41. The van der Waals surface area contributed by atoms with Gasteiger partial charge in [-0.05, 0) is 26.2 Å². The van der Waals surface area contributed by atoms with Gasteiger partial charge in [0, 0.05) is 13.6 Å². The van der Waals surface area contributed by atoms with Crippen molar-refractivity contribution in [2.45, 2.75) is 57.9 Å². The normalized spacial score (nSPS) is 18.5. The molecule has 1 saturated carbocycles. The molecule has 3 nitrogen and oxygen atoms in total. The van der Waals surface area contributed by atoms with Gasteiger partial charge in [-0.3, -0.25) is 4.79 Å². The Kier molecular flexibility index (Phi) is 4.78. The van der Waals surface area contributed by atoms with E-state index in [1.807, 2.05) is 7.05 Å². The van der Waals surface area contributed by atoms with Gasteiger partial charge in [-0.2, -0.15) is 0 Å². The molecular formula is C13H26N2O. The number of amides is 1. The molecule has 0 aromatic heterocycles. The van der Waals surface area contributed by atoms with E-state index in [-0.39, 0.29) is 5.91 Å². The Balaban J connectivity index is 2.28. The van der Waals surface area contributed by atoms with Crippen LogP contribution in [0.15, 0.2) is 0 Å². The molecule has 1 amide bonds. The molecule has 0 saturated heterocycles. The second-order valence-electron chi connectivity index (χ2n) is 5.74. The third-order valence-corrected chi connectivity index (χ3v) is 3.50. The Morgan fingerprint density at radius 2 is 1.88 bits per heavy atom. The van der Waals surface area contributed by atoms with Crippen LogP contribution < -0.4 is 5.73 Å². The lowest BCUT2D eigenvalue weighted by molar-refractivity contribution is -0.134. The number of carbonyl (C=O) groups is 1. The van der Waals surface area contributed by atoms with E-state index in [1.165, 1.54) is 32.1 Å². The van der Waals surface area contributed by atoms with Crippen LogP contribution in [0.5, 0.6) is 0 Å². The Morgan fingerprint density at radius 3 is 2.38 bits per heavy atom. The standard InChI is InChI=1S/C13H26N2O/c1-13(2,14)12(16)15(3)10-9-11-7-5-4-6-8-11/h11H,4-10,14H2,1-3H3. The molecule has 0 atom stereocenters. The van der Waals surface area contributed by atoms with Crippen molar-refractivity contribution in [2.75, 3.05) is 13.6 Å². The van der Waals surface area contributed by atoms with Crippen LogP contribution >= 0.6 is 0 Å². The summed E-state index contributed by atoms with van der Waals surface area (Å²) in [6, 6.07) is 0. The molecule has 1 rings (SSSR count). The SMILES string of the molecule is CN(CCC1CCCCC1)C(=O)C(C)(C)N. The third kappa shape index (κ3) is 4.12. The lowest BCUT2D eigenvalue weighted by Gasteiger charge is -2.28. The van der Waals surface area contributed by atoms with E-state index >= 15 is 0 Å². The van der Waals surface area contributed by atoms with E-state index in [4.69, 9.17) is 5.73 Å². The topological polar surface area (TPSA) is 46.3 Å². The molecule has 16 heavy (non-hydrogen) atoms. The van der Waals surface area contributed by atoms with Crippen molar-refractivity contribution in [1.82, 2.24) is 4.90 Å². The van der Waals surface area contributed by atoms with Crippen LogP contribution in [0, 0.1) is 5.92 Å². The van der Waals surface area contributed by atoms with Crippen molar-refractivity contribution in [2.24, 2.45) is 11.7 Å². The van der Waals surface area contributed by atoms with E-state index in [9.17, 15) is 4.79 Å². The molecule has 2 N–H and O–H groups in total. The number of nitrogens with zero attached hydrogens (tertiary/aromatic N) is 1. The van der Waals surface area contributed by atoms with Crippen LogP contribution in [0.25, 0.3) is 0 Å². The largest absolute Gasteiger partial charge is 0.344 e. The zero-order valence-corrected chi connectivity index (χ0v) is 11.0. The van der Waals surface area contributed by atoms with Crippen LogP contribution in [0.1, 0.15) is 52.4 Å². The van der Waals surface area contributed by atoms with Gasteiger partial charge in [0.15, 0.2) is 0 Å². The highest BCUT2D eigenvalue weighted by Gasteiger charge is 2.25. The van der Waals surface area contributed by atoms with E-state index in [0.29, 0.717) is 0 Å². The van der Waals surface area contributed by atoms with Gasteiger partial charge in [-0.1, -0.05) is 32.1 Å². The highest BCUT2D eigenvalue weighted by molar-refractivity contribution is 5.84. The first-order valence-electron chi connectivity index (χ1n) is 6.45. The minimum absolute atomic E-state index is 0.0447. The van der Waals surface area contributed by atoms with Crippen LogP contribution in [-0.4, -0.2) is 29.9 Å². The van der Waals surface area contributed by atoms with Gasteiger partial charge in [0.25, 0.3) is 0 Å².